The van der Waals surface area contributed by atoms with Gasteiger partial charge in [0.1, 0.15) is 5.84 Å². The second kappa shape index (κ2) is 4.78. The first-order valence-electron chi connectivity index (χ1n) is 5.39. The number of nitrogens with zero attached hydrogens (tertiary/aromatic N) is 1. The van der Waals surface area contributed by atoms with E-state index in [1.165, 1.54) is 6.92 Å². The second-order valence-electron chi connectivity index (χ2n) is 3.81. The van der Waals surface area contributed by atoms with Crippen molar-refractivity contribution in [1.29, 1.82) is 0 Å². The summed E-state index contributed by atoms with van der Waals surface area (Å²) in [5.74, 6) is 0.471. The number of fused-ring (bicyclic) bond motifs is 1. The Morgan fingerprint density at radius 2 is 2.06 bits per heavy atom. The number of Topliss-reactive ketones (excluding diaryl/α,β-unsaturated/α-hetero) is 1. The standard InChI is InChI=1S/C12H13N3O2/c1-8(16)14-15-12-7-6-11(17)9-4-2-3-5-10(9)13-12/h2-5H,6-7H2,1H3,(H,13,15)(H,14,16). The minimum atomic E-state index is -0.198. The minimum absolute atomic E-state index is 0.0731. The number of ketones is 1. The zero-order valence-corrected chi connectivity index (χ0v) is 9.49. The summed E-state index contributed by atoms with van der Waals surface area (Å²) in [5, 5.41) is 0. The molecule has 1 aliphatic heterocycles. The molecule has 0 spiro atoms. The molecule has 0 atom stereocenters. The van der Waals surface area contributed by atoms with Crippen LogP contribution in [0, 0.1) is 0 Å². The Balaban J connectivity index is 2.25. The van der Waals surface area contributed by atoms with Gasteiger partial charge in [0.05, 0.1) is 5.69 Å². The number of hydrogen-bond donors (Lipinski definition) is 2. The quantitative estimate of drug-likeness (QED) is 0.662. The number of hydrazine groups is 1. The van der Waals surface area contributed by atoms with Crippen LogP contribution in [0.5, 0.6) is 0 Å². The summed E-state index contributed by atoms with van der Waals surface area (Å²) < 4.78 is 0. The van der Waals surface area contributed by atoms with Gasteiger partial charge in [0, 0.05) is 25.3 Å². The second-order valence-corrected chi connectivity index (χ2v) is 3.81. The maximum Gasteiger partial charge on any atom is 0.235 e. The molecule has 1 aromatic rings. The molecular weight excluding hydrogens is 218 g/mol. The van der Waals surface area contributed by atoms with Gasteiger partial charge >= 0.3 is 0 Å². The number of nitrogens with one attached hydrogen (secondary N) is 2. The number of amidine groups is 1. The van der Waals surface area contributed by atoms with Gasteiger partial charge in [-0.05, 0) is 12.1 Å². The van der Waals surface area contributed by atoms with Gasteiger partial charge in [0.15, 0.2) is 5.78 Å². The van der Waals surface area contributed by atoms with E-state index in [-0.39, 0.29) is 11.7 Å². The lowest BCUT2D eigenvalue weighted by Gasteiger charge is -2.07. The highest BCUT2D eigenvalue weighted by molar-refractivity contribution is 6.05. The van der Waals surface area contributed by atoms with Gasteiger partial charge in [-0.3, -0.25) is 20.4 Å². The molecule has 1 aromatic carbocycles. The fraction of sp³-hybridized carbons (Fsp3) is 0.250. The van der Waals surface area contributed by atoms with Crippen molar-refractivity contribution >= 4 is 23.2 Å². The van der Waals surface area contributed by atoms with E-state index in [2.05, 4.69) is 15.8 Å². The Morgan fingerprint density at radius 3 is 2.82 bits per heavy atom. The van der Waals surface area contributed by atoms with Crippen molar-refractivity contribution in [2.75, 3.05) is 0 Å². The van der Waals surface area contributed by atoms with Crippen LogP contribution in [-0.2, 0) is 4.79 Å². The highest BCUT2D eigenvalue weighted by atomic mass is 16.2. The first-order valence-corrected chi connectivity index (χ1v) is 5.39. The lowest BCUT2D eigenvalue weighted by atomic mass is 10.1. The number of hydrogen-bond acceptors (Lipinski definition) is 4. The monoisotopic (exact) mass is 231 g/mol. The summed E-state index contributed by atoms with van der Waals surface area (Å²) in [6.07, 6.45) is 0.885. The summed E-state index contributed by atoms with van der Waals surface area (Å²) in [6, 6.07) is 7.20. The van der Waals surface area contributed by atoms with E-state index in [1.54, 1.807) is 12.1 Å². The third kappa shape index (κ3) is 2.69. The molecule has 1 heterocycles. The molecule has 0 saturated carbocycles. The Kier molecular flexibility index (Phi) is 3.18. The summed E-state index contributed by atoms with van der Waals surface area (Å²) in [6.45, 7) is 1.41. The van der Waals surface area contributed by atoms with Crippen molar-refractivity contribution in [2.24, 2.45) is 4.99 Å². The highest BCUT2D eigenvalue weighted by Crippen LogP contribution is 2.23. The SMILES string of the molecule is CC(=O)NNC1=Nc2ccccc2C(=O)CC1. The predicted octanol–water partition coefficient (Wildman–Crippen LogP) is 1.33. The van der Waals surface area contributed by atoms with Gasteiger partial charge in [-0.15, -0.1) is 0 Å². The molecule has 0 aliphatic carbocycles. The van der Waals surface area contributed by atoms with Crippen LogP contribution in [0.4, 0.5) is 5.69 Å². The number of para-hydroxylation sites is 1. The van der Waals surface area contributed by atoms with E-state index >= 15 is 0 Å². The summed E-state index contributed by atoms with van der Waals surface area (Å²) in [5.41, 5.74) is 6.45. The Hall–Kier alpha value is -2.17. The predicted molar refractivity (Wildman–Crippen MR) is 64.1 cm³/mol. The van der Waals surface area contributed by atoms with Gasteiger partial charge in [0.2, 0.25) is 5.91 Å². The van der Waals surface area contributed by atoms with Crippen LogP contribution < -0.4 is 10.9 Å². The summed E-state index contributed by atoms with van der Waals surface area (Å²) >= 11 is 0. The van der Waals surface area contributed by atoms with E-state index in [0.29, 0.717) is 29.9 Å². The van der Waals surface area contributed by atoms with Crippen LogP contribution >= 0.6 is 0 Å². The van der Waals surface area contributed by atoms with E-state index in [0.717, 1.165) is 0 Å². The van der Waals surface area contributed by atoms with Gasteiger partial charge in [-0.1, -0.05) is 12.1 Å². The van der Waals surface area contributed by atoms with Gasteiger partial charge in [0.25, 0.3) is 0 Å². The zero-order valence-electron chi connectivity index (χ0n) is 9.49. The van der Waals surface area contributed by atoms with Crippen LogP contribution in [0.25, 0.3) is 0 Å². The van der Waals surface area contributed by atoms with Crippen molar-refractivity contribution in [3.8, 4) is 0 Å². The number of carbonyl (C=O) groups excluding carboxylic acids is 2. The van der Waals surface area contributed by atoms with E-state index in [4.69, 9.17) is 0 Å². The first-order chi connectivity index (χ1) is 8.16. The Bertz CT molecular complexity index is 494. The van der Waals surface area contributed by atoms with Crippen LogP contribution in [0.1, 0.15) is 30.1 Å². The molecule has 0 saturated heterocycles. The fourth-order valence-electron chi connectivity index (χ4n) is 1.63. The fourth-order valence-corrected chi connectivity index (χ4v) is 1.63. The first kappa shape index (κ1) is 11.3. The summed E-state index contributed by atoms with van der Waals surface area (Å²) in [7, 11) is 0. The molecule has 5 nitrogen and oxygen atoms in total. The molecule has 0 bridgehead atoms. The third-order valence-electron chi connectivity index (χ3n) is 2.43. The third-order valence-corrected chi connectivity index (χ3v) is 2.43. The lowest BCUT2D eigenvalue weighted by molar-refractivity contribution is -0.119. The molecule has 0 unspecified atom stereocenters. The van der Waals surface area contributed by atoms with Gasteiger partial charge < -0.3 is 0 Å². The van der Waals surface area contributed by atoms with Crippen molar-refractivity contribution < 1.29 is 9.59 Å². The van der Waals surface area contributed by atoms with Crippen molar-refractivity contribution in [2.45, 2.75) is 19.8 Å². The minimum Gasteiger partial charge on any atom is -0.294 e. The topological polar surface area (TPSA) is 70.6 Å². The molecule has 2 N–H and O–H groups in total. The number of rotatable bonds is 0. The number of carbonyl (C=O) groups is 2. The molecule has 1 amide bonds. The molecule has 17 heavy (non-hydrogen) atoms. The summed E-state index contributed by atoms with van der Waals surface area (Å²) in [4.78, 5) is 26.9. The molecule has 0 aromatic heterocycles. The molecular formula is C12H13N3O2. The number of aliphatic imine (C=N–C) groups is 1. The molecule has 0 fully saturated rings. The van der Waals surface area contributed by atoms with E-state index < -0.39 is 0 Å². The van der Waals surface area contributed by atoms with Crippen molar-refractivity contribution in [3.63, 3.8) is 0 Å². The average Bonchev–Trinajstić information content (AvgIpc) is 2.47. The Labute approximate surface area is 98.9 Å². The van der Waals surface area contributed by atoms with Gasteiger partial charge in [-0.25, -0.2) is 4.99 Å². The molecule has 5 heteroatoms. The van der Waals surface area contributed by atoms with Crippen molar-refractivity contribution in [1.82, 2.24) is 10.9 Å². The maximum atomic E-state index is 11.8. The van der Waals surface area contributed by atoms with Crippen LogP contribution in [0.3, 0.4) is 0 Å². The molecule has 88 valence electrons. The highest BCUT2D eigenvalue weighted by Gasteiger charge is 2.16. The van der Waals surface area contributed by atoms with Crippen molar-refractivity contribution in [3.05, 3.63) is 29.8 Å². The maximum absolute atomic E-state index is 11.8. The van der Waals surface area contributed by atoms with Crippen LogP contribution in [-0.4, -0.2) is 17.5 Å². The zero-order chi connectivity index (χ0) is 12.3. The normalized spacial score (nSPS) is 14.4. The average molecular weight is 231 g/mol. The van der Waals surface area contributed by atoms with Gasteiger partial charge in [-0.2, -0.15) is 0 Å². The Morgan fingerprint density at radius 1 is 1.29 bits per heavy atom. The van der Waals surface area contributed by atoms with Crippen LogP contribution in [0.15, 0.2) is 29.3 Å². The van der Waals surface area contributed by atoms with E-state index in [9.17, 15) is 9.59 Å². The lowest BCUT2D eigenvalue weighted by Crippen LogP contribution is -2.40. The molecule has 2 rings (SSSR count). The molecule has 1 aliphatic rings. The number of benzene rings is 1. The van der Waals surface area contributed by atoms with Crippen LogP contribution in [0.2, 0.25) is 0 Å². The number of amides is 1. The van der Waals surface area contributed by atoms with E-state index in [1.807, 2.05) is 12.1 Å². The smallest absolute Gasteiger partial charge is 0.235 e. The largest absolute Gasteiger partial charge is 0.294 e. The molecule has 0 radical (unpaired) electrons.